The van der Waals surface area contributed by atoms with Gasteiger partial charge in [0.1, 0.15) is 0 Å². The Morgan fingerprint density at radius 2 is 1.22 bits per heavy atom. The number of urea groups is 1. The van der Waals surface area contributed by atoms with E-state index < -0.39 is 6.03 Å². The Kier molecular flexibility index (Phi) is 11.1. The van der Waals surface area contributed by atoms with Crippen LogP contribution in [0, 0.1) is 0 Å². The Labute approximate surface area is 52.2 Å². The highest BCUT2D eigenvalue weighted by Gasteiger charge is 1.60. The normalized spacial score (nSPS) is 5.78. The lowest BCUT2D eigenvalue weighted by Crippen LogP contribution is -2.18. The van der Waals surface area contributed by atoms with Crippen LogP contribution < -0.4 is 11.5 Å². The van der Waals surface area contributed by atoms with E-state index in [0.29, 0.717) is 0 Å². The molecule has 0 unspecified atom stereocenters. The maximum Gasteiger partial charge on any atom is 0.309 e. The van der Waals surface area contributed by atoms with Gasteiger partial charge in [-0.25, -0.2) is 20.4 Å². The summed E-state index contributed by atoms with van der Waals surface area (Å²) in [7, 11) is 0. The summed E-state index contributed by atoms with van der Waals surface area (Å²) in [6.07, 6.45) is 0. The molecule has 0 aliphatic rings. The number of aromatic amines is 3. The van der Waals surface area contributed by atoms with Crippen molar-refractivity contribution in [3.05, 3.63) is 13.2 Å². The Morgan fingerprint density at radius 3 is 1.22 bits per heavy atom. The monoisotopic (exact) mass is 133 g/mol. The minimum atomic E-state index is -0.833. The third-order valence-corrected chi connectivity index (χ3v) is 0.125. The molecule has 0 fully saturated rings. The second-order valence-electron chi connectivity index (χ2n) is 0.777. The highest BCUT2D eigenvalue weighted by atomic mass is 16.2. The van der Waals surface area contributed by atoms with Crippen LogP contribution in [0.5, 0.6) is 0 Å². The van der Waals surface area contributed by atoms with Crippen molar-refractivity contribution in [2.45, 2.75) is 0 Å². The van der Waals surface area contributed by atoms with E-state index in [9.17, 15) is 0 Å². The number of hydrogen-bond donors (Lipinski definition) is 5. The molecule has 0 aliphatic heterocycles. The van der Waals surface area contributed by atoms with Crippen LogP contribution >= 0.6 is 0 Å². The van der Waals surface area contributed by atoms with E-state index in [2.05, 4.69) is 40.3 Å². The largest absolute Gasteiger partial charge is 0.352 e. The topological polar surface area (TPSA) is 116 Å². The first kappa shape index (κ1) is 10.4. The minimum absolute atomic E-state index is 0.833. The van der Waals surface area contributed by atoms with Gasteiger partial charge in [0, 0.05) is 0 Å². The predicted molar refractivity (Wildman–Crippen MR) is 34.5 cm³/mol. The average molecular weight is 133 g/mol. The summed E-state index contributed by atoms with van der Waals surface area (Å²) in [5, 5.41) is 7.50. The molecule has 1 aromatic rings. The van der Waals surface area contributed by atoms with Crippen molar-refractivity contribution in [1.82, 2.24) is 15.6 Å². The van der Waals surface area contributed by atoms with Gasteiger partial charge < -0.3 is 11.5 Å². The molecule has 7 N–H and O–H groups in total. The Balaban J connectivity index is 0. The molecule has 0 saturated carbocycles. The summed E-state index contributed by atoms with van der Waals surface area (Å²) in [6.45, 7) is 6.00. The maximum atomic E-state index is 9.00. The smallest absolute Gasteiger partial charge is 0.309 e. The van der Waals surface area contributed by atoms with Gasteiger partial charge in [-0.05, 0) is 0 Å². The summed E-state index contributed by atoms with van der Waals surface area (Å²) in [5.74, 6) is 0. The standard InChI is InChI=1S/C2H4.CH4N2O.H3N3/c1-2;2-1(3)4;1-2-3-1/h1-2H2;(H4,2,3,4);1-3H. The van der Waals surface area contributed by atoms with Crippen LogP contribution in [0.4, 0.5) is 4.79 Å². The van der Waals surface area contributed by atoms with E-state index in [4.69, 9.17) is 4.79 Å². The first-order valence-corrected chi connectivity index (χ1v) is 2.03. The quantitative estimate of drug-likeness (QED) is 0.301. The zero-order chi connectivity index (χ0) is 7.70. The fourth-order valence-electron chi connectivity index (χ4n) is 0. The lowest BCUT2D eigenvalue weighted by atomic mass is 11.2. The molecule has 0 spiro atoms. The first-order valence-electron chi connectivity index (χ1n) is 2.03. The number of primary amides is 2. The van der Waals surface area contributed by atoms with Crippen LogP contribution in [0.2, 0.25) is 0 Å². The van der Waals surface area contributed by atoms with E-state index >= 15 is 0 Å². The summed E-state index contributed by atoms with van der Waals surface area (Å²) in [4.78, 5) is 9.00. The number of amides is 2. The van der Waals surface area contributed by atoms with E-state index in [1.165, 1.54) is 0 Å². The second kappa shape index (κ2) is 9.65. The van der Waals surface area contributed by atoms with Gasteiger partial charge in [-0.3, -0.25) is 0 Å². The summed E-state index contributed by atoms with van der Waals surface area (Å²) < 4.78 is 0. The highest BCUT2D eigenvalue weighted by molar-refractivity contribution is 5.69. The van der Waals surface area contributed by atoms with Crippen LogP contribution in [0.1, 0.15) is 0 Å². The van der Waals surface area contributed by atoms with E-state index in [1.807, 2.05) is 0 Å². The molecule has 9 heavy (non-hydrogen) atoms. The van der Waals surface area contributed by atoms with Gasteiger partial charge in [0.25, 0.3) is 0 Å². The number of carbonyl (C=O) groups is 1. The molecule has 6 nitrogen and oxygen atoms in total. The fraction of sp³-hybridized carbons (Fsp3) is 0. The molecule has 0 bridgehead atoms. The van der Waals surface area contributed by atoms with Crippen molar-refractivity contribution in [2.75, 3.05) is 0 Å². The van der Waals surface area contributed by atoms with Crippen LogP contribution in [-0.2, 0) is 0 Å². The Hall–Kier alpha value is -1.59. The number of nitrogens with one attached hydrogen (secondary N) is 3. The maximum absolute atomic E-state index is 9.00. The van der Waals surface area contributed by atoms with E-state index in [-0.39, 0.29) is 0 Å². The zero-order valence-electron chi connectivity index (χ0n) is 4.98. The molecular weight excluding hydrogens is 122 g/mol. The van der Waals surface area contributed by atoms with Crippen LogP contribution in [-0.4, -0.2) is 21.7 Å². The molecule has 0 saturated heterocycles. The van der Waals surface area contributed by atoms with E-state index in [1.54, 1.807) is 0 Å². The van der Waals surface area contributed by atoms with Gasteiger partial charge in [0.05, 0.1) is 0 Å². The van der Waals surface area contributed by atoms with Crippen molar-refractivity contribution in [3.63, 3.8) is 0 Å². The van der Waals surface area contributed by atoms with Crippen molar-refractivity contribution in [1.29, 1.82) is 0 Å². The molecule has 1 aromatic heterocycles. The number of aromatic nitrogens is 3. The molecule has 0 aromatic carbocycles. The third kappa shape index (κ3) is 358. The third-order valence-electron chi connectivity index (χ3n) is 0.125. The predicted octanol–water partition coefficient (Wildman–Crippen LogP) is -0.503. The molecule has 0 aliphatic carbocycles. The Morgan fingerprint density at radius 1 is 1.11 bits per heavy atom. The number of hydrogen-bond acceptors (Lipinski definition) is 1. The van der Waals surface area contributed by atoms with Gasteiger partial charge in [-0.2, -0.15) is 0 Å². The lowest BCUT2D eigenvalue weighted by molar-refractivity contribution is 0.256. The summed E-state index contributed by atoms with van der Waals surface area (Å²) in [6, 6.07) is -0.833. The van der Waals surface area contributed by atoms with Crippen LogP contribution in [0.15, 0.2) is 13.2 Å². The van der Waals surface area contributed by atoms with Crippen LogP contribution in [0.25, 0.3) is 0 Å². The average Bonchev–Trinajstić information content (AvgIpc) is 2.50. The van der Waals surface area contributed by atoms with Crippen LogP contribution in [0.3, 0.4) is 0 Å². The number of rotatable bonds is 0. The zero-order valence-corrected chi connectivity index (χ0v) is 4.98. The SMILES string of the molecule is C=C.NC(N)=O.[nH]1[nH][nH]1. The van der Waals surface area contributed by atoms with Gasteiger partial charge in [0.2, 0.25) is 0 Å². The second-order valence-corrected chi connectivity index (χ2v) is 0.777. The van der Waals surface area contributed by atoms with Gasteiger partial charge in [-0.1, -0.05) is 0 Å². The lowest BCUT2D eigenvalue weighted by Gasteiger charge is -1.62. The van der Waals surface area contributed by atoms with Gasteiger partial charge in [0.15, 0.2) is 0 Å². The molecule has 54 valence electrons. The number of carbonyl (C=O) groups excluding carboxylic acids is 1. The van der Waals surface area contributed by atoms with E-state index in [0.717, 1.165) is 0 Å². The molecule has 1 rings (SSSR count). The molecule has 6 heteroatoms. The Bertz CT molecular complexity index is 101. The molecule has 0 radical (unpaired) electrons. The molecule has 1 heterocycles. The number of H-pyrrole nitrogens is 3. The van der Waals surface area contributed by atoms with Crippen molar-refractivity contribution >= 4 is 6.03 Å². The van der Waals surface area contributed by atoms with Crippen molar-refractivity contribution < 1.29 is 4.79 Å². The highest BCUT2D eigenvalue weighted by Crippen LogP contribution is 1.31. The van der Waals surface area contributed by atoms with Crippen molar-refractivity contribution in [2.24, 2.45) is 11.5 Å². The molecule has 0 atom stereocenters. The fourth-order valence-corrected chi connectivity index (χ4v) is 0. The minimum Gasteiger partial charge on any atom is -0.352 e. The summed E-state index contributed by atoms with van der Waals surface area (Å²) in [5.41, 5.74) is 8.50. The number of nitrogens with two attached hydrogens (primary N) is 2. The van der Waals surface area contributed by atoms with Gasteiger partial charge in [-0.15, -0.1) is 13.2 Å². The molecular formula is C3H11N5O. The first-order chi connectivity index (χ1) is 4.23. The summed E-state index contributed by atoms with van der Waals surface area (Å²) >= 11 is 0. The van der Waals surface area contributed by atoms with Crippen molar-refractivity contribution in [3.8, 4) is 0 Å². The van der Waals surface area contributed by atoms with Gasteiger partial charge >= 0.3 is 6.03 Å². The molecule has 2 amide bonds.